The van der Waals surface area contributed by atoms with E-state index in [1.165, 1.54) is 0 Å². The number of likely N-dealkylation sites (N-methyl/N-ethyl adjacent to an activating group) is 1. The number of halogens is 3. The monoisotopic (exact) mass is 477 g/mol. The molecular formula is C21H18F3N5O3S. The van der Waals surface area contributed by atoms with Gasteiger partial charge in [0.2, 0.25) is 0 Å². The van der Waals surface area contributed by atoms with E-state index in [2.05, 4.69) is 10.4 Å². The van der Waals surface area contributed by atoms with E-state index in [0.29, 0.717) is 37.1 Å². The summed E-state index contributed by atoms with van der Waals surface area (Å²) in [5.74, 6) is -0.739. The van der Waals surface area contributed by atoms with Crippen molar-refractivity contribution in [2.75, 3.05) is 30.4 Å². The van der Waals surface area contributed by atoms with Gasteiger partial charge in [-0.3, -0.25) is 9.59 Å². The Kier molecular flexibility index (Phi) is 4.85. The van der Waals surface area contributed by atoms with Crippen LogP contribution in [0.5, 0.6) is 5.75 Å². The van der Waals surface area contributed by atoms with Gasteiger partial charge in [-0.25, -0.2) is 4.68 Å². The van der Waals surface area contributed by atoms with Gasteiger partial charge in [0.15, 0.2) is 5.82 Å². The Bertz CT molecular complexity index is 1280. The molecule has 8 nitrogen and oxygen atoms in total. The second kappa shape index (κ2) is 7.51. The largest absolute Gasteiger partial charge is 0.506 e. The van der Waals surface area contributed by atoms with Crippen molar-refractivity contribution >= 4 is 40.5 Å². The van der Waals surface area contributed by atoms with Gasteiger partial charge in [-0.2, -0.15) is 18.3 Å². The molecule has 3 aromatic rings. The Morgan fingerprint density at radius 3 is 2.70 bits per heavy atom. The van der Waals surface area contributed by atoms with Crippen LogP contribution in [-0.4, -0.2) is 51.7 Å². The molecule has 0 fully saturated rings. The minimum atomic E-state index is -4.65. The van der Waals surface area contributed by atoms with Crippen LogP contribution < -0.4 is 10.2 Å². The lowest BCUT2D eigenvalue weighted by atomic mass is 9.98. The Hall–Kier alpha value is -3.54. The van der Waals surface area contributed by atoms with E-state index < -0.39 is 27.6 Å². The van der Waals surface area contributed by atoms with Gasteiger partial charge in [0.05, 0.1) is 6.54 Å². The predicted molar refractivity (Wildman–Crippen MR) is 115 cm³/mol. The highest BCUT2D eigenvalue weighted by Crippen LogP contribution is 2.40. The van der Waals surface area contributed by atoms with Crippen molar-refractivity contribution in [3.8, 4) is 5.75 Å². The fourth-order valence-corrected chi connectivity index (χ4v) is 4.85. The van der Waals surface area contributed by atoms with E-state index in [1.54, 1.807) is 22.7 Å². The number of thiophene rings is 1. The van der Waals surface area contributed by atoms with E-state index in [0.717, 1.165) is 17.7 Å². The zero-order valence-corrected chi connectivity index (χ0v) is 18.1. The number of carbonyl (C=O) groups is 2. The van der Waals surface area contributed by atoms with Crippen molar-refractivity contribution in [3.63, 3.8) is 0 Å². The molecule has 0 spiro atoms. The number of anilines is 3. The van der Waals surface area contributed by atoms with Gasteiger partial charge in [-0.05, 0) is 30.2 Å². The molecule has 2 amide bonds. The number of alkyl halides is 3. The molecule has 5 rings (SSSR count). The average molecular weight is 477 g/mol. The number of nitrogens with zero attached hydrogens (tertiary/aromatic N) is 4. The maximum absolute atomic E-state index is 12.9. The topological polar surface area (TPSA) is 90.7 Å². The van der Waals surface area contributed by atoms with Crippen molar-refractivity contribution in [1.82, 2.24) is 14.7 Å². The fourth-order valence-electron chi connectivity index (χ4n) is 4.04. The van der Waals surface area contributed by atoms with Crippen LogP contribution in [0, 0.1) is 0 Å². The van der Waals surface area contributed by atoms with Crippen molar-refractivity contribution < 1.29 is 27.9 Å². The van der Waals surface area contributed by atoms with Gasteiger partial charge in [0.25, 0.3) is 11.8 Å². The molecule has 0 saturated heterocycles. The van der Waals surface area contributed by atoms with Crippen LogP contribution in [0.4, 0.5) is 30.5 Å². The minimum absolute atomic E-state index is 0.00947. The third-order valence-electron chi connectivity index (χ3n) is 5.70. The van der Waals surface area contributed by atoms with Crippen LogP contribution in [-0.2, 0) is 19.1 Å². The van der Waals surface area contributed by atoms with Crippen molar-refractivity contribution in [1.29, 1.82) is 0 Å². The van der Waals surface area contributed by atoms with Gasteiger partial charge >= 0.3 is 6.18 Å². The summed E-state index contributed by atoms with van der Waals surface area (Å²) >= 11 is 0.172. The highest BCUT2D eigenvalue weighted by atomic mass is 32.1. The fraction of sp³-hybridized carbons (Fsp3) is 0.286. The van der Waals surface area contributed by atoms with Gasteiger partial charge in [-0.1, -0.05) is 0 Å². The number of rotatable bonds is 3. The summed E-state index contributed by atoms with van der Waals surface area (Å²) in [5.41, 5.74) is 2.53. The van der Waals surface area contributed by atoms with E-state index >= 15 is 0 Å². The SMILES string of the molecule is CN1CCc2cc(N3CCn4nc(NC(=O)c5sc(C(F)(F)F)cc5O)cc43)ccc2C1=O. The second-order valence-corrected chi connectivity index (χ2v) is 8.91. The summed E-state index contributed by atoms with van der Waals surface area (Å²) in [6, 6.07) is 7.80. The van der Waals surface area contributed by atoms with Gasteiger partial charge in [-0.15, -0.1) is 11.3 Å². The normalized spacial score (nSPS) is 15.6. The predicted octanol–water partition coefficient (Wildman–Crippen LogP) is 3.70. The first-order valence-corrected chi connectivity index (χ1v) is 10.9. The van der Waals surface area contributed by atoms with Crippen LogP contribution >= 0.6 is 11.3 Å². The molecule has 1 aromatic carbocycles. The van der Waals surface area contributed by atoms with Crippen LogP contribution in [0.3, 0.4) is 0 Å². The molecule has 33 heavy (non-hydrogen) atoms. The molecule has 0 atom stereocenters. The molecule has 2 aliphatic heterocycles. The lowest BCUT2D eigenvalue weighted by Crippen LogP contribution is -2.34. The highest BCUT2D eigenvalue weighted by molar-refractivity contribution is 7.14. The highest BCUT2D eigenvalue weighted by Gasteiger charge is 2.35. The van der Waals surface area contributed by atoms with E-state index in [9.17, 15) is 27.9 Å². The van der Waals surface area contributed by atoms with Crippen LogP contribution in [0.1, 0.15) is 30.5 Å². The van der Waals surface area contributed by atoms with Crippen LogP contribution in [0.2, 0.25) is 0 Å². The minimum Gasteiger partial charge on any atom is -0.506 e. The summed E-state index contributed by atoms with van der Waals surface area (Å²) in [7, 11) is 1.77. The Morgan fingerprint density at radius 1 is 1.18 bits per heavy atom. The van der Waals surface area contributed by atoms with Crippen LogP contribution in [0.25, 0.3) is 0 Å². The molecule has 2 aliphatic rings. The molecule has 0 bridgehead atoms. The van der Waals surface area contributed by atoms with E-state index in [4.69, 9.17) is 0 Å². The number of aromatic nitrogens is 2. The standard InChI is InChI=1S/C21H18F3N5O3S/c1-27-5-4-11-8-12(2-3-13(11)20(27)32)28-6-7-29-17(28)10-16(26-29)25-19(31)18-14(30)9-15(33-18)21(22,23)24/h2-3,8-10,30H,4-7H2,1H3,(H,25,26,31). The first-order valence-electron chi connectivity index (χ1n) is 10.1. The number of carbonyl (C=O) groups excluding carboxylic acids is 2. The lowest BCUT2D eigenvalue weighted by molar-refractivity contribution is -0.134. The first-order chi connectivity index (χ1) is 15.6. The number of amides is 2. The number of hydrogen-bond donors (Lipinski definition) is 2. The molecule has 4 heterocycles. The molecule has 0 radical (unpaired) electrons. The van der Waals surface area contributed by atoms with Crippen LogP contribution in [0.15, 0.2) is 30.3 Å². The van der Waals surface area contributed by atoms with Gasteiger partial charge in [0, 0.05) is 43.5 Å². The Balaban J connectivity index is 1.37. The average Bonchev–Trinajstić information content (AvgIpc) is 3.44. The third-order valence-corrected chi connectivity index (χ3v) is 6.87. The number of nitrogens with one attached hydrogen (secondary N) is 1. The molecule has 0 saturated carbocycles. The summed E-state index contributed by atoms with van der Waals surface area (Å²) in [6.07, 6.45) is -3.89. The molecule has 172 valence electrons. The molecular weight excluding hydrogens is 459 g/mol. The zero-order valence-electron chi connectivity index (χ0n) is 17.3. The molecule has 2 aromatic heterocycles. The second-order valence-electron chi connectivity index (χ2n) is 7.86. The van der Waals surface area contributed by atoms with E-state index in [-0.39, 0.29) is 23.1 Å². The summed E-state index contributed by atoms with van der Waals surface area (Å²) in [6.45, 7) is 1.84. The van der Waals surface area contributed by atoms with Gasteiger partial charge < -0.3 is 20.2 Å². The number of fused-ring (bicyclic) bond motifs is 2. The number of benzene rings is 1. The van der Waals surface area contributed by atoms with Crippen molar-refractivity contribution in [3.05, 3.63) is 51.2 Å². The third kappa shape index (κ3) is 3.69. The number of aromatic hydroxyl groups is 1. The van der Waals surface area contributed by atoms with Crippen molar-refractivity contribution in [2.24, 2.45) is 0 Å². The smallest absolute Gasteiger partial charge is 0.425 e. The zero-order chi connectivity index (χ0) is 23.5. The quantitative estimate of drug-likeness (QED) is 0.601. The first kappa shape index (κ1) is 21.3. The molecule has 0 aliphatic carbocycles. The molecule has 2 N–H and O–H groups in total. The van der Waals surface area contributed by atoms with E-state index in [1.807, 2.05) is 23.1 Å². The van der Waals surface area contributed by atoms with Gasteiger partial charge in [0.1, 0.15) is 21.3 Å². The maximum atomic E-state index is 12.9. The Labute approximate surface area is 189 Å². The summed E-state index contributed by atoms with van der Waals surface area (Å²) in [4.78, 5) is 27.0. The maximum Gasteiger partial charge on any atom is 0.425 e. The molecule has 0 unspecified atom stereocenters. The summed E-state index contributed by atoms with van der Waals surface area (Å²) in [5, 5.41) is 16.5. The number of hydrogen-bond acceptors (Lipinski definition) is 6. The van der Waals surface area contributed by atoms with Crippen molar-refractivity contribution in [2.45, 2.75) is 19.1 Å². The molecule has 12 heteroatoms. The summed E-state index contributed by atoms with van der Waals surface area (Å²) < 4.78 is 40.3. The Morgan fingerprint density at radius 2 is 1.97 bits per heavy atom. The lowest BCUT2D eigenvalue weighted by Gasteiger charge is -2.26.